The molecule has 1 aliphatic rings. The van der Waals surface area contributed by atoms with Crippen molar-refractivity contribution in [1.82, 2.24) is 19.6 Å². The summed E-state index contributed by atoms with van der Waals surface area (Å²) >= 11 is 0. The standard InChI is InChI=1S/C21H26F4N4O3/c1-3-14-11-26-20(31)29(19(14)30)18(4-2)28-10-9-27(25)12-17(28)15-5-7-16(8-6-15)32-13-21(22,23)24/h5-8,11,17-18H,3-4,9-10,12-13H2,1-2H3,(H,26,31). The highest BCUT2D eigenvalue weighted by atomic mass is 19.4. The Morgan fingerprint density at radius 1 is 1.16 bits per heavy atom. The number of benzene rings is 1. The Morgan fingerprint density at radius 2 is 1.84 bits per heavy atom. The average Bonchev–Trinajstić information content (AvgIpc) is 2.75. The summed E-state index contributed by atoms with van der Waals surface area (Å²) in [5, 5.41) is 0.650. The number of ether oxygens (including phenoxy) is 1. The maximum absolute atomic E-state index is 14.2. The number of hydrogen-bond acceptors (Lipinski definition) is 5. The molecule has 0 bridgehead atoms. The van der Waals surface area contributed by atoms with Crippen molar-refractivity contribution in [3.8, 4) is 5.75 Å². The predicted molar refractivity (Wildman–Crippen MR) is 110 cm³/mol. The molecule has 7 nitrogen and oxygen atoms in total. The maximum atomic E-state index is 14.2. The third-order valence-corrected chi connectivity index (χ3v) is 5.55. The van der Waals surface area contributed by atoms with Crippen LogP contribution >= 0.6 is 0 Å². The number of halogens is 4. The third kappa shape index (κ3) is 5.39. The number of hydrogen-bond donors (Lipinski definition) is 1. The molecule has 0 radical (unpaired) electrons. The topological polar surface area (TPSA) is 70.6 Å². The second kappa shape index (κ2) is 9.86. The van der Waals surface area contributed by atoms with Gasteiger partial charge in [0.2, 0.25) is 0 Å². The van der Waals surface area contributed by atoms with Crippen molar-refractivity contribution in [1.29, 1.82) is 0 Å². The van der Waals surface area contributed by atoms with Gasteiger partial charge in [-0.05, 0) is 30.5 Å². The first-order chi connectivity index (χ1) is 15.1. The highest BCUT2D eigenvalue weighted by molar-refractivity contribution is 5.30. The van der Waals surface area contributed by atoms with Crippen LogP contribution in [-0.4, -0.2) is 52.0 Å². The van der Waals surface area contributed by atoms with Gasteiger partial charge in [-0.3, -0.25) is 9.69 Å². The van der Waals surface area contributed by atoms with Crippen LogP contribution in [0, 0.1) is 0 Å². The minimum Gasteiger partial charge on any atom is -0.484 e. The molecular formula is C21H26F4N4O3. The van der Waals surface area contributed by atoms with Crippen LogP contribution in [0.3, 0.4) is 0 Å². The molecule has 176 valence electrons. The SMILES string of the molecule is CCc1c[nH]c(=O)n(C(CC)N2CCN(F)CC2c2ccc(OCC(F)(F)F)cc2)c1=O. The normalized spacial score (nSPS) is 19.1. The largest absolute Gasteiger partial charge is 0.484 e. The average molecular weight is 458 g/mol. The molecule has 0 saturated carbocycles. The van der Waals surface area contributed by atoms with Gasteiger partial charge in [0, 0.05) is 31.4 Å². The van der Waals surface area contributed by atoms with Crippen LogP contribution in [0.2, 0.25) is 0 Å². The number of aromatic nitrogens is 2. The molecule has 11 heteroatoms. The highest BCUT2D eigenvalue weighted by Gasteiger charge is 2.35. The number of nitrogens with zero attached hydrogens (tertiary/aromatic N) is 3. The van der Waals surface area contributed by atoms with Gasteiger partial charge in [-0.25, -0.2) is 9.36 Å². The van der Waals surface area contributed by atoms with Gasteiger partial charge in [0.25, 0.3) is 5.56 Å². The molecule has 2 heterocycles. The van der Waals surface area contributed by atoms with Crippen molar-refractivity contribution in [2.75, 3.05) is 26.2 Å². The van der Waals surface area contributed by atoms with Crippen molar-refractivity contribution < 1.29 is 22.4 Å². The lowest BCUT2D eigenvalue weighted by molar-refractivity contribution is -0.153. The molecule has 1 saturated heterocycles. The Bertz CT molecular complexity index is 1020. The molecular weight excluding hydrogens is 432 g/mol. The fourth-order valence-corrected chi connectivity index (χ4v) is 3.99. The number of nitrogens with one attached hydrogen (secondary N) is 1. The third-order valence-electron chi connectivity index (χ3n) is 5.55. The number of alkyl halides is 3. The van der Waals surface area contributed by atoms with Gasteiger partial charge in [-0.15, -0.1) is 9.60 Å². The molecule has 3 rings (SSSR count). The summed E-state index contributed by atoms with van der Waals surface area (Å²) in [6.07, 6.45) is -2.78. The minimum atomic E-state index is -4.45. The second-order valence-electron chi connectivity index (χ2n) is 7.63. The van der Waals surface area contributed by atoms with Crippen LogP contribution in [0.15, 0.2) is 40.1 Å². The zero-order chi connectivity index (χ0) is 23.5. The monoisotopic (exact) mass is 458 g/mol. The minimum absolute atomic E-state index is 0.0145. The van der Waals surface area contributed by atoms with Crippen molar-refractivity contribution in [2.24, 2.45) is 0 Å². The van der Waals surface area contributed by atoms with Crippen LogP contribution in [0.1, 0.15) is 43.6 Å². The van der Waals surface area contributed by atoms with Crippen LogP contribution < -0.4 is 16.0 Å². The van der Waals surface area contributed by atoms with Crippen molar-refractivity contribution in [3.63, 3.8) is 0 Å². The van der Waals surface area contributed by atoms with E-state index < -0.39 is 30.7 Å². The Hall–Kier alpha value is -2.66. The Kier molecular flexibility index (Phi) is 7.40. The summed E-state index contributed by atoms with van der Waals surface area (Å²) in [5.74, 6) is 0.0425. The number of rotatable bonds is 7. The van der Waals surface area contributed by atoms with E-state index in [1.165, 1.54) is 22.9 Å². The van der Waals surface area contributed by atoms with E-state index in [9.17, 15) is 27.2 Å². The lowest BCUT2D eigenvalue weighted by atomic mass is 10.0. The molecule has 1 aliphatic heterocycles. The lowest BCUT2D eigenvalue weighted by Crippen LogP contribution is -2.52. The van der Waals surface area contributed by atoms with Crippen molar-refractivity contribution in [2.45, 2.75) is 45.1 Å². The molecule has 0 aliphatic carbocycles. The second-order valence-corrected chi connectivity index (χ2v) is 7.63. The van der Waals surface area contributed by atoms with Crippen LogP contribution in [0.25, 0.3) is 0 Å². The van der Waals surface area contributed by atoms with Gasteiger partial charge >= 0.3 is 11.9 Å². The summed E-state index contributed by atoms with van der Waals surface area (Å²) in [5.41, 5.74) is 0.174. The van der Waals surface area contributed by atoms with E-state index in [-0.39, 0.29) is 30.9 Å². The molecule has 2 unspecified atom stereocenters. The van der Waals surface area contributed by atoms with E-state index in [0.29, 0.717) is 29.1 Å². The fraction of sp³-hybridized carbons (Fsp3) is 0.524. The number of aromatic amines is 1. The number of H-pyrrole nitrogens is 1. The van der Waals surface area contributed by atoms with E-state index in [1.807, 2.05) is 18.7 Å². The van der Waals surface area contributed by atoms with E-state index in [4.69, 9.17) is 4.74 Å². The fourth-order valence-electron chi connectivity index (χ4n) is 3.99. The van der Waals surface area contributed by atoms with Crippen LogP contribution in [-0.2, 0) is 6.42 Å². The molecule has 1 aromatic heterocycles. The van der Waals surface area contributed by atoms with Crippen molar-refractivity contribution >= 4 is 0 Å². The molecule has 32 heavy (non-hydrogen) atoms. The summed E-state index contributed by atoms with van der Waals surface area (Å²) < 4.78 is 57.2. The Balaban J connectivity index is 1.93. The highest BCUT2D eigenvalue weighted by Crippen LogP contribution is 2.33. The lowest BCUT2D eigenvalue weighted by Gasteiger charge is -2.42. The quantitative estimate of drug-likeness (QED) is 0.510. The zero-order valence-electron chi connectivity index (χ0n) is 17.9. The molecule has 0 amide bonds. The number of piperazine rings is 1. The van der Waals surface area contributed by atoms with Gasteiger partial charge in [0.05, 0.1) is 12.2 Å². The summed E-state index contributed by atoms with van der Waals surface area (Å²) in [7, 11) is 0. The van der Waals surface area contributed by atoms with Gasteiger partial charge in [0.15, 0.2) is 6.61 Å². The maximum Gasteiger partial charge on any atom is 0.422 e. The first-order valence-electron chi connectivity index (χ1n) is 10.4. The van der Waals surface area contributed by atoms with Gasteiger partial charge < -0.3 is 9.72 Å². The molecule has 2 aromatic rings. The first-order valence-corrected chi connectivity index (χ1v) is 10.4. The molecule has 1 aromatic carbocycles. The zero-order valence-corrected chi connectivity index (χ0v) is 17.9. The predicted octanol–water partition coefficient (Wildman–Crippen LogP) is 3.19. The summed E-state index contributed by atoms with van der Waals surface area (Å²) in [4.78, 5) is 29.9. The van der Waals surface area contributed by atoms with E-state index >= 15 is 0 Å². The molecule has 1 N–H and O–H groups in total. The molecule has 2 atom stereocenters. The molecule has 1 fully saturated rings. The van der Waals surface area contributed by atoms with Gasteiger partial charge in [-0.2, -0.15) is 13.2 Å². The molecule has 0 spiro atoms. The van der Waals surface area contributed by atoms with Crippen LogP contribution in [0.4, 0.5) is 17.7 Å². The van der Waals surface area contributed by atoms with Gasteiger partial charge in [0.1, 0.15) is 5.75 Å². The smallest absolute Gasteiger partial charge is 0.422 e. The Labute approximate surface area is 182 Å². The number of aryl methyl sites for hydroxylation is 1. The summed E-state index contributed by atoms with van der Waals surface area (Å²) in [6, 6.07) is 5.42. The van der Waals surface area contributed by atoms with E-state index in [1.54, 1.807) is 12.1 Å². The van der Waals surface area contributed by atoms with E-state index in [2.05, 4.69) is 4.98 Å². The van der Waals surface area contributed by atoms with E-state index in [0.717, 1.165) is 0 Å². The van der Waals surface area contributed by atoms with Gasteiger partial charge in [-0.1, -0.05) is 26.0 Å². The first kappa shape index (κ1) is 24.0. The summed E-state index contributed by atoms with van der Waals surface area (Å²) in [6.45, 7) is 2.58. The van der Waals surface area contributed by atoms with Crippen molar-refractivity contribution in [3.05, 3.63) is 62.4 Å². The van der Waals surface area contributed by atoms with Crippen LogP contribution in [0.5, 0.6) is 5.75 Å². The Morgan fingerprint density at radius 3 is 2.44 bits per heavy atom.